The quantitative estimate of drug-likeness (QED) is 0.504. The molecule has 184 valence electrons. The fraction of sp³-hybridized carbons (Fsp3) is 0.435. The summed E-state index contributed by atoms with van der Waals surface area (Å²) in [4.78, 5) is 5.01. The van der Waals surface area contributed by atoms with Crippen molar-refractivity contribution in [3.05, 3.63) is 46.6 Å². The molecule has 2 aliphatic rings. The Kier molecular flexibility index (Phi) is 6.50. The number of halogens is 1. The molecule has 1 saturated heterocycles. The van der Waals surface area contributed by atoms with Crippen LogP contribution >= 0.6 is 11.6 Å². The molecule has 0 amide bonds. The molecule has 35 heavy (non-hydrogen) atoms. The van der Waals surface area contributed by atoms with Crippen molar-refractivity contribution in [3.8, 4) is 0 Å². The molecule has 0 spiro atoms. The van der Waals surface area contributed by atoms with E-state index in [-0.39, 0.29) is 4.90 Å². The lowest BCUT2D eigenvalue weighted by Gasteiger charge is -2.31. The van der Waals surface area contributed by atoms with Crippen molar-refractivity contribution < 1.29 is 12.9 Å². The summed E-state index contributed by atoms with van der Waals surface area (Å²) < 4.78 is 34.7. The standard InChI is InChI=1S/C23H28BClN6O3S/c1-14-22(15(2)34-29-14)35(32,33)30-9-7-16(8-10-30)12-26-21-11-20(17-5-3-4-6-19(17)25)28-23-18(24)13-27-31(21)23/h3,5,11,13,16,26H,4,6-10,12,24H2,1-2H3. The van der Waals surface area contributed by atoms with Gasteiger partial charge in [-0.15, -0.1) is 0 Å². The maximum Gasteiger partial charge on any atom is 0.248 e. The average molecular weight is 515 g/mol. The highest BCUT2D eigenvalue weighted by Crippen LogP contribution is 2.31. The van der Waals surface area contributed by atoms with Gasteiger partial charge in [0.05, 0.1) is 5.69 Å². The van der Waals surface area contributed by atoms with Crippen molar-refractivity contribution in [1.29, 1.82) is 0 Å². The Morgan fingerprint density at radius 1 is 1.29 bits per heavy atom. The SMILES string of the molecule is Bc1cnn2c(NCC3CCN(S(=O)(=O)c4c(C)noc4C)CC3)cc(C3=C(Cl)CCC=C3)nc12. The molecule has 0 aromatic carbocycles. The lowest BCUT2D eigenvalue weighted by Crippen LogP contribution is -2.40. The lowest BCUT2D eigenvalue weighted by atomic mass is 9.98. The monoisotopic (exact) mass is 514 g/mol. The fourth-order valence-corrected chi connectivity index (χ4v) is 6.80. The van der Waals surface area contributed by atoms with E-state index in [0.29, 0.717) is 37.0 Å². The van der Waals surface area contributed by atoms with Crippen LogP contribution in [0.2, 0.25) is 0 Å². The van der Waals surface area contributed by atoms with Crippen LogP contribution in [0.1, 0.15) is 42.8 Å². The molecule has 9 nitrogen and oxygen atoms in total. The van der Waals surface area contributed by atoms with Gasteiger partial charge in [-0.1, -0.05) is 28.9 Å². The number of fused-ring (bicyclic) bond motifs is 1. The molecule has 12 heteroatoms. The van der Waals surface area contributed by atoms with Crippen LogP contribution in [-0.2, 0) is 10.0 Å². The summed E-state index contributed by atoms with van der Waals surface area (Å²) in [6, 6.07) is 1.99. The third-order valence-corrected chi connectivity index (χ3v) is 9.28. The topological polar surface area (TPSA) is 106 Å². The third-order valence-electron chi connectivity index (χ3n) is 6.74. The van der Waals surface area contributed by atoms with Crippen molar-refractivity contribution in [3.63, 3.8) is 0 Å². The maximum atomic E-state index is 13.1. The fourth-order valence-electron chi connectivity index (χ4n) is 4.77. The van der Waals surface area contributed by atoms with Crippen molar-refractivity contribution in [2.24, 2.45) is 5.92 Å². The molecule has 1 N–H and O–H groups in total. The van der Waals surface area contributed by atoms with Crippen molar-refractivity contribution in [2.75, 3.05) is 25.0 Å². The number of nitrogens with zero attached hydrogens (tertiary/aromatic N) is 5. The van der Waals surface area contributed by atoms with E-state index in [0.717, 1.165) is 58.9 Å². The van der Waals surface area contributed by atoms with Crippen LogP contribution < -0.4 is 10.8 Å². The van der Waals surface area contributed by atoms with E-state index < -0.39 is 10.0 Å². The Labute approximate surface area is 210 Å². The van der Waals surface area contributed by atoms with E-state index >= 15 is 0 Å². The van der Waals surface area contributed by atoms with E-state index in [1.165, 1.54) is 0 Å². The molecule has 5 rings (SSSR count). The molecule has 3 aromatic heterocycles. The summed E-state index contributed by atoms with van der Waals surface area (Å²) in [5, 5.41) is 12.7. The number of nitrogens with one attached hydrogen (secondary N) is 1. The molecule has 0 bridgehead atoms. The van der Waals surface area contributed by atoms with Gasteiger partial charge in [-0.25, -0.2) is 13.4 Å². The predicted molar refractivity (Wildman–Crippen MR) is 138 cm³/mol. The zero-order valence-corrected chi connectivity index (χ0v) is 21.7. The first kappa shape index (κ1) is 24.1. The predicted octanol–water partition coefficient (Wildman–Crippen LogP) is 2.41. The van der Waals surface area contributed by atoms with Crippen LogP contribution in [0.15, 0.2) is 38.9 Å². The number of sulfonamides is 1. The van der Waals surface area contributed by atoms with Crippen LogP contribution in [0.4, 0.5) is 5.82 Å². The van der Waals surface area contributed by atoms with Gasteiger partial charge in [0.25, 0.3) is 0 Å². The third kappa shape index (κ3) is 4.52. The molecule has 0 radical (unpaired) electrons. The highest BCUT2D eigenvalue weighted by atomic mass is 35.5. The van der Waals surface area contributed by atoms with Crippen molar-refractivity contribution >= 4 is 52.0 Å². The number of aromatic nitrogens is 4. The number of hydrogen-bond donors (Lipinski definition) is 1. The van der Waals surface area contributed by atoms with Crippen LogP contribution in [-0.4, -0.2) is 60.0 Å². The molecule has 0 saturated carbocycles. The molecule has 4 heterocycles. The van der Waals surface area contributed by atoms with Crippen LogP contribution in [0.3, 0.4) is 0 Å². The van der Waals surface area contributed by atoms with Gasteiger partial charge >= 0.3 is 0 Å². The number of allylic oxidation sites excluding steroid dienone is 4. The minimum atomic E-state index is -3.61. The number of aryl methyl sites for hydroxylation is 2. The van der Waals surface area contributed by atoms with Gasteiger partial charge in [0.15, 0.2) is 11.4 Å². The summed E-state index contributed by atoms with van der Waals surface area (Å²) in [5.41, 5.74) is 3.96. The Morgan fingerprint density at radius 2 is 2.06 bits per heavy atom. The first-order chi connectivity index (χ1) is 16.8. The van der Waals surface area contributed by atoms with Gasteiger partial charge in [-0.05, 0) is 50.9 Å². The summed E-state index contributed by atoms with van der Waals surface area (Å²) in [5.74, 6) is 1.51. The zero-order chi connectivity index (χ0) is 24.7. The Hall–Kier alpha value is -2.63. The molecule has 0 atom stereocenters. The second-order valence-corrected chi connectivity index (χ2v) is 11.6. The summed E-state index contributed by atoms with van der Waals surface area (Å²) in [7, 11) is -1.62. The number of hydrogen-bond acceptors (Lipinski definition) is 7. The largest absolute Gasteiger partial charge is 0.370 e. The van der Waals surface area contributed by atoms with Gasteiger partial charge in [0, 0.05) is 42.5 Å². The van der Waals surface area contributed by atoms with Gasteiger partial charge < -0.3 is 9.84 Å². The molecule has 1 aliphatic heterocycles. The molecule has 3 aromatic rings. The number of anilines is 1. The van der Waals surface area contributed by atoms with E-state index in [1.54, 1.807) is 18.2 Å². The van der Waals surface area contributed by atoms with Gasteiger partial charge in [-0.3, -0.25) is 0 Å². The van der Waals surface area contributed by atoms with Crippen molar-refractivity contribution in [1.82, 2.24) is 24.1 Å². The molecular formula is C23H28BClN6O3S. The van der Waals surface area contributed by atoms with Crippen LogP contribution in [0, 0.1) is 19.8 Å². The van der Waals surface area contributed by atoms with Gasteiger partial charge in [0.1, 0.15) is 24.3 Å². The Bertz CT molecular complexity index is 1420. The number of piperidine rings is 1. The van der Waals surface area contributed by atoms with Crippen LogP contribution in [0.25, 0.3) is 11.2 Å². The summed E-state index contributed by atoms with van der Waals surface area (Å²) in [6.45, 7) is 4.93. The van der Waals surface area contributed by atoms with E-state index in [4.69, 9.17) is 21.1 Å². The molecule has 1 fully saturated rings. The number of rotatable bonds is 6. The van der Waals surface area contributed by atoms with Gasteiger partial charge in [0.2, 0.25) is 10.0 Å². The normalized spacial score (nSPS) is 18.0. The summed E-state index contributed by atoms with van der Waals surface area (Å²) >= 11 is 6.52. The first-order valence-electron chi connectivity index (χ1n) is 11.8. The minimum Gasteiger partial charge on any atom is -0.370 e. The van der Waals surface area contributed by atoms with E-state index in [1.807, 2.05) is 30.7 Å². The first-order valence-corrected chi connectivity index (χ1v) is 13.7. The maximum absolute atomic E-state index is 13.1. The van der Waals surface area contributed by atoms with Crippen LogP contribution in [0.5, 0.6) is 0 Å². The highest BCUT2D eigenvalue weighted by Gasteiger charge is 2.33. The molecule has 1 aliphatic carbocycles. The molecular weight excluding hydrogens is 487 g/mol. The van der Waals surface area contributed by atoms with E-state index in [2.05, 4.69) is 21.6 Å². The lowest BCUT2D eigenvalue weighted by molar-refractivity contribution is 0.281. The molecule has 0 unspecified atom stereocenters. The van der Waals surface area contributed by atoms with Gasteiger partial charge in [-0.2, -0.15) is 13.9 Å². The zero-order valence-electron chi connectivity index (χ0n) is 20.1. The Morgan fingerprint density at radius 3 is 2.74 bits per heavy atom. The second kappa shape index (κ2) is 9.44. The average Bonchev–Trinajstić information content (AvgIpc) is 3.39. The van der Waals surface area contributed by atoms with Crippen molar-refractivity contribution in [2.45, 2.75) is 44.4 Å². The smallest absolute Gasteiger partial charge is 0.248 e. The Balaban J connectivity index is 1.31. The second-order valence-electron chi connectivity index (χ2n) is 9.23. The summed E-state index contributed by atoms with van der Waals surface area (Å²) in [6.07, 6.45) is 9.23. The highest BCUT2D eigenvalue weighted by molar-refractivity contribution is 7.89. The minimum absolute atomic E-state index is 0.194. The van der Waals surface area contributed by atoms with E-state index in [9.17, 15) is 8.42 Å².